The Morgan fingerprint density at radius 1 is 1.20 bits per heavy atom. The molecule has 1 atom stereocenters. The summed E-state index contributed by atoms with van der Waals surface area (Å²) in [6.45, 7) is 1.06. The van der Waals surface area contributed by atoms with Crippen LogP contribution in [0, 0.1) is 0 Å². The molecule has 0 aromatic heterocycles. The second kappa shape index (κ2) is 7.13. The number of carbonyl (C=O) groups is 2. The first-order valence-corrected chi connectivity index (χ1v) is 10.4. The number of nitrogens with zero attached hydrogens (tertiary/aromatic N) is 2. The molecule has 1 aromatic rings. The van der Waals surface area contributed by atoms with Crippen LogP contribution in [0.1, 0.15) is 32.1 Å². The van der Waals surface area contributed by atoms with Crippen LogP contribution in [0.25, 0.3) is 0 Å². The number of piperidine rings is 1. The molecule has 0 aliphatic carbocycles. The number of hydrogen-bond donors (Lipinski definition) is 1. The molecule has 2 aliphatic heterocycles. The van der Waals surface area contributed by atoms with Crippen LogP contribution in [0.2, 0.25) is 0 Å². The lowest BCUT2D eigenvalue weighted by Gasteiger charge is -2.32. The molecule has 1 N–H and O–H groups in total. The van der Waals surface area contributed by atoms with Gasteiger partial charge in [-0.25, -0.2) is 8.42 Å². The highest BCUT2D eigenvalue weighted by Gasteiger charge is 2.34. The van der Waals surface area contributed by atoms with Gasteiger partial charge in [-0.05, 0) is 37.5 Å². The van der Waals surface area contributed by atoms with Gasteiger partial charge < -0.3 is 10.2 Å². The van der Waals surface area contributed by atoms with Crippen molar-refractivity contribution in [3.8, 4) is 0 Å². The monoisotopic (exact) mass is 365 g/mol. The molecule has 3 rings (SSSR count). The van der Waals surface area contributed by atoms with Crippen molar-refractivity contribution in [2.75, 3.05) is 29.6 Å². The van der Waals surface area contributed by atoms with Crippen molar-refractivity contribution in [2.24, 2.45) is 0 Å². The molecule has 0 bridgehead atoms. The fraction of sp³-hybridized carbons (Fsp3) is 0.529. The molecule has 2 heterocycles. The van der Waals surface area contributed by atoms with Gasteiger partial charge in [-0.2, -0.15) is 4.31 Å². The zero-order valence-electron chi connectivity index (χ0n) is 14.3. The third-order valence-corrected chi connectivity index (χ3v) is 5.97. The van der Waals surface area contributed by atoms with Gasteiger partial charge in [-0.1, -0.05) is 12.5 Å². The molecule has 8 heteroatoms. The summed E-state index contributed by atoms with van der Waals surface area (Å²) in [6.07, 6.45) is 4.63. The van der Waals surface area contributed by atoms with Gasteiger partial charge in [0.25, 0.3) is 0 Å². The van der Waals surface area contributed by atoms with Gasteiger partial charge in [0.2, 0.25) is 21.8 Å². The molecular formula is C17H23N3O4S. The second-order valence-electron chi connectivity index (χ2n) is 6.57. The van der Waals surface area contributed by atoms with E-state index in [-0.39, 0.29) is 11.8 Å². The number of hydrogen-bond acceptors (Lipinski definition) is 4. The average Bonchev–Trinajstić information content (AvgIpc) is 3.00. The molecule has 0 saturated carbocycles. The van der Waals surface area contributed by atoms with Crippen molar-refractivity contribution in [1.82, 2.24) is 4.31 Å². The number of nitrogens with one attached hydrogen (secondary N) is 1. The summed E-state index contributed by atoms with van der Waals surface area (Å²) in [5, 5.41) is 2.81. The maximum absolute atomic E-state index is 12.6. The van der Waals surface area contributed by atoms with Gasteiger partial charge in [0.15, 0.2) is 0 Å². The van der Waals surface area contributed by atoms with E-state index in [1.165, 1.54) is 4.31 Å². The normalized spacial score (nSPS) is 22.2. The van der Waals surface area contributed by atoms with Crippen molar-refractivity contribution in [3.63, 3.8) is 0 Å². The molecule has 2 saturated heterocycles. The Morgan fingerprint density at radius 2 is 2.00 bits per heavy atom. The summed E-state index contributed by atoms with van der Waals surface area (Å²) in [4.78, 5) is 26.2. The minimum Gasteiger partial charge on any atom is -0.325 e. The lowest BCUT2D eigenvalue weighted by Crippen LogP contribution is -2.49. The fourth-order valence-electron chi connectivity index (χ4n) is 3.46. The highest BCUT2D eigenvalue weighted by atomic mass is 32.2. The van der Waals surface area contributed by atoms with E-state index < -0.39 is 16.1 Å². The predicted octanol–water partition coefficient (Wildman–Crippen LogP) is 1.57. The third-order valence-electron chi connectivity index (χ3n) is 4.68. The molecule has 2 amide bonds. The van der Waals surface area contributed by atoms with Crippen molar-refractivity contribution in [3.05, 3.63) is 24.3 Å². The SMILES string of the molecule is CS(=O)(=O)N1CCCCC1C(=O)Nc1cccc(N2CCCC2=O)c1. The molecule has 7 nitrogen and oxygen atoms in total. The average molecular weight is 365 g/mol. The summed E-state index contributed by atoms with van der Waals surface area (Å²) < 4.78 is 25.1. The van der Waals surface area contributed by atoms with Gasteiger partial charge >= 0.3 is 0 Å². The number of rotatable bonds is 4. The van der Waals surface area contributed by atoms with Gasteiger partial charge in [-0.15, -0.1) is 0 Å². The minimum absolute atomic E-state index is 0.0824. The standard InChI is InChI=1S/C17H23N3O4S/c1-25(23,24)20-11-3-2-8-15(20)17(22)18-13-6-4-7-14(12-13)19-10-5-9-16(19)21/h4,6-7,12,15H,2-3,5,8-11H2,1H3,(H,18,22). The second-order valence-corrected chi connectivity index (χ2v) is 8.51. The Hall–Kier alpha value is -1.93. The highest BCUT2D eigenvalue weighted by molar-refractivity contribution is 7.88. The van der Waals surface area contributed by atoms with Crippen LogP contribution in [0.5, 0.6) is 0 Å². The van der Waals surface area contributed by atoms with Crippen LogP contribution in [0.4, 0.5) is 11.4 Å². The summed E-state index contributed by atoms with van der Waals surface area (Å²) in [5.74, 6) is -0.242. The third kappa shape index (κ3) is 4.01. The number of benzene rings is 1. The molecule has 0 radical (unpaired) electrons. The number of carbonyl (C=O) groups excluding carboxylic acids is 2. The molecular weight excluding hydrogens is 342 g/mol. The molecule has 0 spiro atoms. The van der Waals surface area contributed by atoms with E-state index in [0.717, 1.165) is 31.2 Å². The lowest BCUT2D eigenvalue weighted by molar-refractivity contribution is -0.120. The van der Waals surface area contributed by atoms with Crippen molar-refractivity contribution in [2.45, 2.75) is 38.1 Å². The molecule has 2 fully saturated rings. The van der Waals surface area contributed by atoms with Gasteiger partial charge in [0, 0.05) is 30.9 Å². The summed E-state index contributed by atoms with van der Waals surface area (Å²) >= 11 is 0. The number of anilines is 2. The van der Waals surface area contributed by atoms with E-state index in [1.807, 2.05) is 6.07 Å². The van der Waals surface area contributed by atoms with E-state index in [1.54, 1.807) is 23.1 Å². The van der Waals surface area contributed by atoms with Crippen LogP contribution < -0.4 is 10.2 Å². The van der Waals surface area contributed by atoms with Crippen molar-refractivity contribution in [1.29, 1.82) is 0 Å². The Bertz CT molecular complexity index is 778. The number of sulfonamides is 1. The number of amides is 2. The smallest absolute Gasteiger partial charge is 0.242 e. The van der Waals surface area contributed by atoms with Gasteiger partial charge in [-0.3, -0.25) is 9.59 Å². The quantitative estimate of drug-likeness (QED) is 0.877. The van der Waals surface area contributed by atoms with Crippen LogP contribution >= 0.6 is 0 Å². The first-order chi connectivity index (χ1) is 11.9. The highest BCUT2D eigenvalue weighted by Crippen LogP contribution is 2.26. The zero-order chi connectivity index (χ0) is 18.0. The van der Waals surface area contributed by atoms with E-state index in [9.17, 15) is 18.0 Å². The predicted molar refractivity (Wildman–Crippen MR) is 95.8 cm³/mol. The lowest BCUT2D eigenvalue weighted by atomic mass is 10.0. The maximum Gasteiger partial charge on any atom is 0.242 e. The van der Waals surface area contributed by atoms with Crippen molar-refractivity contribution >= 4 is 33.2 Å². The van der Waals surface area contributed by atoms with Crippen molar-refractivity contribution < 1.29 is 18.0 Å². The van der Waals surface area contributed by atoms with E-state index in [4.69, 9.17) is 0 Å². The van der Waals surface area contributed by atoms with Crippen LogP contribution in [0.15, 0.2) is 24.3 Å². The molecule has 1 aromatic carbocycles. The van der Waals surface area contributed by atoms with E-state index in [0.29, 0.717) is 31.6 Å². The Labute approximate surface area is 148 Å². The van der Waals surface area contributed by atoms with Crippen LogP contribution in [0.3, 0.4) is 0 Å². The Balaban J connectivity index is 1.75. The Morgan fingerprint density at radius 3 is 2.68 bits per heavy atom. The van der Waals surface area contributed by atoms with Crippen LogP contribution in [-0.4, -0.2) is 49.9 Å². The summed E-state index contributed by atoms with van der Waals surface area (Å²) in [6, 6.07) is 6.44. The first kappa shape index (κ1) is 17.9. The topological polar surface area (TPSA) is 86.8 Å². The molecule has 136 valence electrons. The summed E-state index contributed by atoms with van der Waals surface area (Å²) in [7, 11) is -3.42. The first-order valence-electron chi connectivity index (χ1n) is 8.54. The largest absolute Gasteiger partial charge is 0.325 e. The molecule has 25 heavy (non-hydrogen) atoms. The minimum atomic E-state index is -3.42. The fourth-order valence-corrected chi connectivity index (χ4v) is 4.59. The molecule has 1 unspecified atom stereocenters. The Kier molecular flexibility index (Phi) is 5.10. The summed E-state index contributed by atoms with van der Waals surface area (Å²) in [5.41, 5.74) is 1.32. The van der Waals surface area contributed by atoms with Gasteiger partial charge in [0.05, 0.1) is 6.26 Å². The molecule has 2 aliphatic rings. The van der Waals surface area contributed by atoms with Gasteiger partial charge in [0.1, 0.15) is 6.04 Å². The van der Waals surface area contributed by atoms with E-state index in [2.05, 4.69) is 5.32 Å². The maximum atomic E-state index is 12.6. The zero-order valence-corrected chi connectivity index (χ0v) is 15.1. The van der Waals surface area contributed by atoms with Crippen LogP contribution in [-0.2, 0) is 19.6 Å². The van der Waals surface area contributed by atoms with E-state index >= 15 is 0 Å².